The number of hydrogen-bond donors (Lipinski definition) is 1. The van der Waals surface area contributed by atoms with Gasteiger partial charge in [0, 0.05) is 32.9 Å². The van der Waals surface area contributed by atoms with Gasteiger partial charge in [-0.15, -0.1) is 0 Å². The second-order valence-electron chi connectivity index (χ2n) is 5.91. The van der Waals surface area contributed by atoms with E-state index in [9.17, 15) is 4.79 Å². The van der Waals surface area contributed by atoms with Gasteiger partial charge in [0.15, 0.2) is 0 Å². The topological polar surface area (TPSA) is 54.5 Å². The van der Waals surface area contributed by atoms with Crippen LogP contribution in [0.4, 0.5) is 4.79 Å². The molecule has 0 atom stereocenters. The van der Waals surface area contributed by atoms with Crippen molar-refractivity contribution in [3.63, 3.8) is 0 Å². The normalized spacial score (nSPS) is 11.2. The first-order valence-electron chi connectivity index (χ1n) is 6.84. The lowest BCUT2D eigenvalue weighted by atomic mass is 10.2. The van der Waals surface area contributed by atoms with Crippen molar-refractivity contribution < 1.29 is 9.53 Å². The van der Waals surface area contributed by atoms with Crippen LogP contribution in [0.2, 0.25) is 0 Å². The predicted octanol–water partition coefficient (Wildman–Crippen LogP) is 2.35. The van der Waals surface area contributed by atoms with Gasteiger partial charge in [-0.25, -0.2) is 4.79 Å². The van der Waals surface area contributed by atoms with Crippen LogP contribution in [0.25, 0.3) is 0 Å². The van der Waals surface area contributed by atoms with Gasteiger partial charge >= 0.3 is 6.09 Å². The van der Waals surface area contributed by atoms with E-state index in [1.807, 2.05) is 46.0 Å². The lowest BCUT2D eigenvalue weighted by Crippen LogP contribution is -2.37. The molecule has 1 heterocycles. The Hall–Kier alpha value is -1.62. The first-order chi connectivity index (χ1) is 9.28. The quantitative estimate of drug-likeness (QED) is 0.841. The molecular formula is C15H25N3O2. The summed E-state index contributed by atoms with van der Waals surface area (Å²) in [5.74, 6) is 0. The highest BCUT2D eigenvalue weighted by Gasteiger charge is 2.18. The van der Waals surface area contributed by atoms with E-state index in [0.29, 0.717) is 19.6 Å². The molecule has 112 valence electrons. The van der Waals surface area contributed by atoms with Gasteiger partial charge < -0.3 is 15.0 Å². The molecule has 0 saturated carbocycles. The van der Waals surface area contributed by atoms with E-state index < -0.39 is 5.60 Å². The molecule has 1 rings (SSSR count). The molecule has 5 nitrogen and oxygen atoms in total. The Morgan fingerprint density at radius 3 is 2.65 bits per heavy atom. The van der Waals surface area contributed by atoms with Crippen LogP contribution < -0.4 is 5.32 Å². The molecule has 0 saturated heterocycles. The van der Waals surface area contributed by atoms with Crippen molar-refractivity contribution in [3.8, 4) is 0 Å². The highest BCUT2D eigenvalue weighted by atomic mass is 16.6. The number of rotatable bonds is 5. The standard InChI is InChI=1S/C15H25N3O2/c1-12-6-7-13(17-10-12)11-16-8-9-18(5)14(19)20-15(2,3)4/h6-7,10,16H,8-9,11H2,1-5H3. The molecule has 1 aromatic rings. The summed E-state index contributed by atoms with van der Waals surface area (Å²) in [6, 6.07) is 4.04. The number of carbonyl (C=O) groups excluding carboxylic acids is 1. The zero-order valence-electron chi connectivity index (χ0n) is 13.1. The molecule has 0 bridgehead atoms. The summed E-state index contributed by atoms with van der Waals surface area (Å²) in [5, 5.41) is 3.26. The maximum atomic E-state index is 11.7. The number of nitrogens with one attached hydrogen (secondary N) is 1. The highest BCUT2D eigenvalue weighted by molar-refractivity contribution is 5.67. The number of carbonyl (C=O) groups is 1. The van der Waals surface area contributed by atoms with Gasteiger partial charge in [-0.1, -0.05) is 6.07 Å². The Morgan fingerprint density at radius 1 is 1.40 bits per heavy atom. The van der Waals surface area contributed by atoms with E-state index in [1.165, 1.54) is 0 Å². The Labute approximate surface area is 121 Å². The van der Waals surface area contributed by atoms with E-state index in [1.54, 1.807) is 11.9 Å². The molecule has 1 aromatic heterocycles. The second-order valence-corrected chi connectivity index (χ2v) is 5.91. The first kappa shape index (κ1) is 16.4. The summed E-state index contributed by atoms with van der Waals surface area (Å²) in [4.78, 5) is 17.6. The Kier molecular flexibility index (Phi) is 5.95. The van der Waals surface area contributed by atoms with E-state index in [2.05, 4.69) is 10.3 Å². The van der Waals surface area contributed by atoms with Crippen LogP contribution in [0.1, 0.15) is 32.0 Å². The summed E-state index contributed by atoms with van der Waals surface area (Å²) in [6.07, 6.45) is 1.55. The molecule has 0 aliphatic carbocycles. The maximum absolute atomic E-state index is 11.7. The van der Waals surface area contributed by atoms with Crippen molar-refractivity contribution >= 4 is 6.09 Å². The van der Waals surface area contributed by atoms with E-state index >= 15 is 0 Å². The Bertz CT molecular complexity index is 424. The van der Waals surface area contributed by atoms with Crippen LogP contribution in [0.5, 0.6) is 0 Å². The van der Waals surface area contributed by atoms with Crippen molar-refractivity contribution in [2.75, 3.05) is 20.1 Å². The largest absolute Gasteiger partial charge is 0.444 e. The zero-order valence-corrected chi connectivity index (χ0v) is 13.1. The van der Waals surface area contributed by atoms with Crippen molar-refractivity contribution in [3.05, 3.63) is 29.6 Å². The number of ether oxygens (including phenoxy) is 1. The van der Waals surface area contributed by atoms with Crippen LogP contribution in [-0.4, -0.2) is 41.7 Å². The molecule has 20 heavy (non-hydrogen) atoms. The highest BCUT2D eigenvalue weighted by Crippen LogP contribution is 2.08. The maximum Gasteiger partial charge on any atom is 0.410 e. The van der Waals surface area contributed by atoms with Crippen molar-refractivity contribution in [2.24, 2.45) is 0 Å². The molecular weight excluding hydrogens is 254 g/mol. The monoisotopic (exact) mass is 279 g/mol. The summed E-state index contributed by atoms with van der Waals surface area (Å²) < 4.78 is 5.27. The fraction of sp³-hybridized carbons (Fsp3) is 0.600. The third kappa shape index (κ3) is 6.52. The van der Waals surface area contributed by atoms with E-state index in [-0.39, 0.29) is 6.09 Å². The number of pyridine rings is 1. The lowest BCUT2D eigenvalue weighted by Gasteiger charge is -2.24. The minimum atomic E-state index is -0.454. The van der Waals surface area contributed by atoms with Crippen LogP contribution in [-0.2, 0) is 11.3 Å². The summed E-state index contributed by atoms with van der Waals surface area (Å²) in [7, 11) is 1.74. The van der Waals surface area contributed by atoms with Gasteiger partial charge in [-0.05, 0) is 39.3 Å². The average molecular weight is 279 g/mol. The lowest BCUT2D eigenvalue weighted by molar-refractivity contribution is 0.0300. The van der Waals surface area contributed by atoms with Gasteiger partial charge in [0.2, 0.25) is 0 Å². The number of nitrogens with zero attached hydrogens (tertiary/aromatic N) is 2. The van der Waals surface area contributed by atoms with Gasteiger partial charge in [0.25, 0.3) is 0 Å². The minimum absolute atomic E-state index is 0.298. The second kappa shape index (κ2) is 7.24. The zero-order chi connectivity index (χ0) is 15.2. The summed E-state index contributed by atoms with van der Waals surface area (Å²) in [6.45, 7) is 9.59. The Balaban J connectivity index is 2.23. The molecule has 1 N–H and O–H groups in total. The van der Waals surface area contributed by atoms with Gasteiger partial charge in [0.1, 0.15) is 5.60 Å². The number of likely N-dealkylation sites (N-methyl/N-ethyl adjacent to an activating group) is 1. The predicted molar refractivity (Wildman–Crippen MR) is 79.5 cm³/mol. The smallest absolute Gasteiger partial charge is 0.410 e. The van der Waals surface area contributed by atoms with Crippen LogP contribution in [0.15, 0.2) is 18.3 Å². The van der Waals surface area contributed by atoms with Crippen molar-refractivity contribution in [2.45, 2.75) is 39.8 Å². The molecule has 0 aliphatic heterocycles. The third-order valence-electron chi connectivity index (χ3n) is 2.61. The van der Waals surface area contributed by atoms with Gasteiger partial charge in [-0.2, -0.15) is 0 Å². The van der Waals surface area contributed by atoms with Crippen LogP contribution >= 0.6 is 0 Å². The average Bonchev–Trinajstić information content (AvgIpc) is 2.34. The number of aromatic nitrogens is 1. The molecule has 0 aromatic carbocycles. The molecule has 1 amide bonds. The number of aryl methyl sites for hydroxylation is 1. The SMILES string of the molecule is Cc1ccc(CNCCN(C)C(=O)OC(C)(C)C)nc1. The number of hydrogen-bond acceptors (Lipinski definition) is 4. The summed E-state index contributed by atoms with van der Waals surface area (Å²) >= 11 is 0. The molecule has 0 radical (unpaired) electrons. The van der Waals surface area contributed by atoms with Crippen molar-refractivity contribution in [1.29, 1.82) is 0 Å². The van der Waals surface area contributed by atoms with Gasteiger partial charge in [0.05, 0.1) is 5.69 Å². The van der Waals surface area contributed by atoms with E-state index in [0.717, 1.165) is 11.3 Å². The van der Waals surface area contributed by atoms with Crippen LogP contribution in [0.3, 0.4) is 0 Å². The molecule has 0 fully saturated rings. The Morgan fingerprint density at radius 2 is 2.10 bits per heavy atom. The van der Waals surface area contributed by atoms with E-state index in [4.69, 9.17) is 4.74 Å². The minimum Gasteiger partial charge on any atom is -0.444 e. The molecule has 0 unspecified atom stereocenters. The summed E-state index contributed by atoms with van der Waals surface area (Å²) in [5.41, 5.74) is 1.69. The van der Waals surface area contributed by atoms with Crippen molar-refractivity contribution in [1.82, 2.24) is 15.2 Å². The van der Waals surface area contributed by atoms with Crippen LogP contribution in [0, 0.1) is 6.92 Å². The molecule has 0 spiro atoms. The fourth-order valence-corrected chi connectivity index (χ4v) is 1.50. The number of amides is 1. The molecule has 5 heteroatoms. The first-order valence-corrected chi connectivity index (χ1v) is 6.84. The molecule has 0 aliphatic rings. The van der Waals surface area contributed by atoms with Gasteiger partial charge in [-0.3, -0.25) is 4.98 Å². The third-order valence-corrected chi connectivity index (χ3v) is 2.61. The fourth-order valence-electron chi connectivity index (χ4n) is 1.50.